The molecule has 16 heavy (non-hydrogen) atoms. The Morgan fingerprint density at radius 3 is 2.75 bits per heavy atom. The second-order valence-corrected chi connectivity index (χ2v) is 5.44. The number of nitro benzene ring substituents is 1. The average molecular weight is 237 g/mol. The number of carbonyl (C=O) groups is 1. The van der Waals surface area contributed by atoms with E-state index in [4.69, 9.17) is 0 Å². The molecule has 0 aromatic heterocycles. The predicted molar refractivity (Wildman–Crippen MR) is 62.0 cm³/mol. The quantitative estimate of drug-likeness (QED) is 0.586. The van der Waals surface area contributed by atoms with Crippen LogP contribution < -0.4 is 0 Å². The van der Waals surface area contributed by atoms with Gasteiger partial charge in [-0.05, 0) is 19.4 Å². The minimum atomic E-state index is -0.547. The molecular formula is C11H11NO3S. The molecule has 0 fully saturated rings. The lowest BCUT2D eigenvalue weighted by Crippen LogP contribution is -2.25. The molecule has 1 unspecified atom stereocenters. The van der Waals surface area contributed by atoms with Crippen molar-refractivity contribution in [3.8, 4) is 0 Å². The average Bonchev–Trinajstić information content (AvgIpc) is 2.52. The molecule has 1 aliphatic rings. The van der Waals surface area contributed by atoms with Gasteiger partial charge >= 0.3 is 0 Å². The van der Waals surface area contributed by atoms with Gasteiger partial charge in [-0.2, -0.15) is 0 Å². The molecule has 0 spiro atoms. The second-order valence-electron chi connectivity index (χ2n) is 3.93. The smallest absolute Gasteiger partial charge is 0.283 e. The Bertz CT molecular complexity index is 486. The third-order valence-electron chi connectivity index (χ3n) is 2.92. The van der Waals surface area contributed by atoms with E-state index in [0.29, 0.717) is 16.9 Å². The molecule has 1 aromatic rings. The van der Waals surface area contributed by atoms with E-state index in [0.717, 1.165) is 0 Å². The number of fused-ring (bicyclic) bond motifs is 1. The van der Waals surface area contributed by atoms with Gasteiger partial charge in [0.25, 0.3) is 5.69 Å². The fraction of sp³-hybridized carbons (Fsp3) is 0.364. The van der Waals surface area contributed by atoms with Crippen LogP contribution in [0.1, 0.15) is 30.6 Å². The molecule has 1 atom stereocenters. The van der Waals surface area contributed by atoms with E-state index < -0.39 is 9.67 Å². The van der Waals surface area contributed by atoms with Crippen LogP contribution in [0.3, 0.4) is 0 Å². The Morgan fingerprint density at radius 1 is 1.50 bits per heavy atom. The Morgan fingerprint density at radius 2 is 2.19 bits per heavy atom. The second kappa shape index (κ2) is 3.59. The molecule has 0 radical (unpaired) electrons. The Balaban J connectivity index is 2.59. The van der Waals surface area contributed by atoms with E-state index in [-0.39, 0.29) is 11.5 Å². The normalized spacial score (nSPS) is 23.2. The van der Waals surface area contributed by atoms with Crippen molar-refractivity contribution >= 4 is 23.2 Å². The van der Waals surface area contributed by atoms with E-state index in [1.807, 2.05) is 13.8 Å². The fourth-order valence-electron chi connectivity index (χ4n) is 1.74. The van der Waals surface area contributed by atoms with Crippen LogP contribution in [0.2, 0.25) is 0 Å². The topological polar surface area (TPSA) is 60.2 Å². The van der Waals surface area contributed by atoms with Crippen molar-refractivity contribution in [3.63, 3.8) is 0 Å². The zero-order valence-electron chi connectivity index (χ0n) is 9.02. The van der Waals surface area contributed by atoms with Crippen molar-refractivity contribution in [2.75, 3.05) is 0 Å². The molecule has 0 saturated carbocycles. The highest BCUT2D eigenvalue weighted by molar-refractivity contribution is 8.02. The standard InChI is InChI=1S/C11H11NO3S/c1-3-11(2)10(13)7-5-4-6-8(12(14)15)9(7)16-11/h4-6H,3H2,1-2H3. The summed E-state index contributed by atoms with van der Waals surface area (Å²) in [4.78, 5) is 23.0. The van der Waals surface area contributed by atoms with E-state index in [9.17, 15) is 14.9 Å². The molecule has 2 rings (SSSR count). The molecule has 1 heterocycles. The Hall–Kier alpha value is -1.36. The molecule has 0 N–H and O–H groups in total. The summed E-state index contributed by atoms with van der Waals surface area (Å²) in [7, 11) is 0. The third-order valence-corrected chi connectivity index (χ3v) is 4.48. The summed E-state index contributed by atoms with van der Waals surface area (Å²) in [5, 5.41) is 10.8. The lowest BCUT2D eigenvalue weighted by Gasteiger charge is -2.17. The van der Waals surface area contributed by atoms with Gasteiger partial charge in [0.15, 0.2) is 5.78 Å². The maximum Gasteiger partial charge on any atom is 0.283 e. The summed E-state index contributed by atoms with van der Waals surface area (Å²) in [5.74, 6) is -0.00120. The number of thioether (sulfide) groups is 1. The first kappa shape index (κ1) is 11.1. The molecule has 0 bridgehead atoms. The lowest BCUT2D eigenvalue weighted by molar-refractivity contribution is -0.387. The number of ketones is 1. The van der Waals surface area contributed by atoms with Crippen LogP contribution in [-0.4, -0.2) is 15.5 Å². The van der Waals surface area contributed by atoms with Crippen LogP contribution in [0.4, 0.5) is 5.69 Å². The first-order chi connectivity index (χ1) is 7.49. The van der Waals surface area contributed by atoms with Gasteiger partial charge in [0.1, 0.15) is 0 Å². The summed E-state index contributed by atoms with van der Waals surface area (Å²) in [6.45, 7) is 3.76. The molecule has 0 amide bonds. The van der Waals surface area contributed by atoms with Crippen molar-refractivity contribution in [2.45, 2.75) is 29.9 Å². The summed E-state index contributed by atoms with van der Waals surface area (Å²) in [5.41, 5.74) is 0.525. The molecule has 1 aromatic carbocycles. The van der Waals surface area contributed by atoms with Crippen LogP contribution in [0.25, 0.3) is 0 Å². The highest BCUT2D eigenvalue weighted by Crippen LogP contribution is 2.50. The van der Waals surface area contributed by atoms with Crippen molar-refractivity contribution in [2.24, 2.45) is 0 Å². The van der Waals surface area contributed by atoms with Crippen LogP contribution >= 0.6 is 11.8 Å². The predicted octanol–water partition coefficient (Wildman–Crippen LogP) is 3.05. The van der Waals surface area contributed by atoms with Crippen LogP contribution in [-0.2, 0) is 0 Å². The molecule has 0 saturated heterocycles. The molecule has 1 aliphatic heterocycles. The van der Waals surface area contributed by atoms with E-state index >= 15 is 0 Å². The number of nitrogens with zero attached hydrogens (tertiary/aromatic N) is 1. The highest BCUT2D eigenvalue weighted by Gasteiger charge is 2.44. The molecule has 4 nitrogen and oxygen atoms in total. The Kier molecular flexibility index (Phi) is 2.50. The van der Waals surface area contributed by atoms with Crippen LogP contribution in [0, 0.1) is 10.1 Å². The zero-order chi connectivity index (χ0) is 11.9. The SMILES string of the molecule is CCC1(C)Sc2c(cccc2[N+](=O)[O-])C1=O. The number of benzene rings is 1. The molecule has 5 heteroatoms. The highest BCUT2D eigenvalue weighted by atomic mass is 32.2. The Labute approximate surface area is 97.2 Å². The van der Waals surface area contributed by atoms with Gasteiger partial charge in [0, 0.05) is 11.6 Å². The molecule has 0 aliphatic carbocycles. The van der Waals surface area contributed by atoms with E-state index in [1.165, 1.54) is 17.8 Å². The number of nitro groups is 1. The lowest BCUT2D eigenvalue weighted by atomic mass is 9.96. The monoisotopic (exact) mass is 237 g/mol. The number of carbonyl (C=O) groups excluding carboxylic acids is 1. The van der Waals surface area contributed by atoms with Crippen molar-refractivity contribution < 1.29 is 9.72 Å². The fourth-order valence-corrected chi connectivity index (χ4v) is 3.06. The molecular weight excluding hydrogens is 226 g/mol. The van der Waals surface area contributed by atoms with Crippen LogP contribution in [0.5, 0.6) is 0 Å². The minimum Gasteiger partial charge on any atom is -0.293 e. The first-order valence-electron chi connectivity index (χ1n) is 5.01. The minimum absolute atomic E-state index is 0.00120. The maximum absolute atomic E-state index is 12.1. The van der Waals surface area contributed by atoms with Crippen molar-refractivity contribution in [3.05, 3.63) is 33.9 Å². The van der Waals surface area contributed by atoms with Gasteiger partial charge in [0.2, 0.25) is 0 Å². The molecule has 84 valence electrons. The van der Waals surface area contributed by atoms with Gasteiger partial charge in [-0.15, -0.1) is 11.8 Å². The number of hydrogen-bond acceptors (Lipinski definition) is 4. The van der Waals surface area contributed by atoms with E-state index in [1.54, 1.807) is 12.1 Å². The van der Waals surface area contributed by atoms with Gasteiger partial charge in [-0.3, -0.25) is 14.9 Å². The van der Waals surface area contributed by atoms with Crippen molar-refractivity contribution in [1.29, 1.82) is 0 Å². The van der Waals surface area contributed by atoms with Gasteiger partial charge in [-0.25, -0.2) is 0 Å². The first-order valence-corrected chi connectivity index (χ1v) is 5.82. The largest absolute Gasteiger partial charge is 0.293 e. The third kappa shape index (κ3) is 1.43. The number of hydrogen-bond donors (Lipinski definition) is 0. The summed E-state index contributed by atoms with van der Waals surface area (Å²) in [6, 6.07) is 4.68. The number of rotatable bonds is 2. The summed E-state index contributed by atoms with van der Waals surface area (Å²) >= 11 is 1.31. The van der Waals surface area contributed by atoms with Gasteiger partial charge < -0.3 is 0 Å². The zero-order valence-corrected chi connectivity index (χ0v) is 9.84. The van der Waals surface area contributed by atoms with E-state index in [2.05, 4.69) is 0 Å². The van der Waals surface area contributed by atoms with Gasteiger partial charge in [-0.1, -0.05) is 13.0 Å². The van der Waals surface area contributed by atoms with Crippen molar-refractivity contribution in [1.82, 2.24) is 0 Å². The maximum atomic E-state index is 12.1. The van der Waals surface area contributed by atoms with Gasteiger partial charge in [0.05, 0.1) is 14.6 Å². The van der Waals surface area contributed by atoms with Crippen LogP contribution in [0.15, 0.2) is 23.1 Å². The number of Topliss-reactive ketones (excluding diaryl/α,β-unsaturated/α-hetero) is 1. The summed E-state index contributed by atoms with van der Waals surface area (Å²) < 4.78 is -0.547. The summed E-state index contributed by atoms with van der Waals surface area (Å²) in [6.07, 6.45) is 0.669.